The van der Waals surface area contributed by atoms with Crippen molar-refractivity contribution in [3.05, 3.63) is 54.6 Å². The van der Waals surface area contributed by atoms with Crippen LogP contribution in [0, 0.1) is 0 Å². The quantitative estimate of drug-likeness (QED) is 0.746. The van der Waals surface area contributed by atoms with Crippen LogP contribution < -0.4 is 11.1 Å². The van der Waals surface area contributed by atoms with Gasteiger partial charge in [0, 0.05) is 5.69 Å². The van der Waals surface area contributed by atoms with Crippen molar-refractivity contribution in [3.63, 3.8) is 0 Å². The Morgan fingerprint density at radius 3 is 2.00 bits per heavy atom. The summed E-state index contributed by atoms with van der Waals surface area (Å²) >= 11 is 0. The molecule has 0 radical (unpaired) electrons. The molecule has 2 aromatic rings. The zero-order valence-corrected chi connectivity index (χ0v) is 10.5. The van der Waals surface area contributed by atoms with Crippen molar-refractivity contribution < 1.29 is 0 Å². The monoisotopic (exact) mass is 228 g/mol. The van der Waals surface area contributed by atoms with Crippen molar-refractivity contribution in [1.82, 2.24) is 0 Å². The Hall–Kier alpha value is -1.96. The summed E-state index contributed by atoms with van der Waals surface area (Å²) < 4.78 is 0. The molecule has 17 heavy (non-hydrogen) atoms. The molecule has 0 saturated heterocycles. The minimum atomic E-state index is 0.761. The van der Waals surface area contributed by atoms with Crippen molar-refractivity contribution >= 4 is 17.1 Å². The Bertz CT molecular complexity index is 424. The van der Waals surface area contributed by atoms with Crippen molar-refractivity contribution in [3.8, 4) is 0 Å². The summed E-state index contributed by atoms with van der Waals surface area (Å²) in [4.78, 5) is 0. The van der Waals surface area contributed by atoms with Crippen molar-refractivity contribution in [2.24, 2.45) is 0 Å². The lowest BCUT2D eigenvalue weighted by atomic mass is 10.2. The molecule has 0 aliphatic heterocycles. The molecule has 0 unspecified atom stereocenters. The molecule has 0 spiro atoms. The number of rotatable bonds is 2. The molecule has 0 fully saturated rings. The number of benzene rings is 2. The predicted molar refractivity (Wildman–Crippen MR) is 76.5 cm³/mol. The molecule has 2 nitrogen and oxygen atoms in total. The number of nitrogens with two attached hydrogens (primary N) is 1. The lowest BCUT2D eigenvalue weighted by Gasteiger charge is -2.08. The molecule has 0 aromatic heterocycles. The van der Waals surface area contributed by atoms with E-state index in [1.54, 1.807) is 0 Å². The molecule has 2 aromatic carbocycles. The standard InChI is InChI=1S/C12H12N2.C3H8/c13-11-8-4-5-9-12(11)14-10-6-2-1-3-7-10;1-3-2/h1-9,14H,13H2;3H2,1-2H3. The van der Waals surface area contributed by atoms with E-state index < -0.39 is 0 Å². The first-order chi connectivity index (χ1) is 8.27. The van der Waals surface area contributed by atoms with E-state index in [9.17, 15) is 0 Å². The second kappa shape index (κ2) is 7.34. The van der Waals surface area contributed by atoms with Crippen LogP contribution in [0.3, 0.4) is 0 Å². The molecule has 0 heterocycles. The highest BCUT2D eigenvalue weighted by Gasteiger charge is 1.96. The maximum Gasteiger partial charge on any atom is 0.0617 e. The fourth-order valence-corrected chi connectivity index (χ4v) is 1.29. The number of nitrogens with one attached hydrogen (secondary N) is 1. The van der Waals surface area contributed by atoms with Crippen LogP contribution in [0.4, 0.5) is 17.1 Å². The molecule has 0 saturated carbocycles. The third kappa shape index (κ3) is 4.60. The molecule has 90 valence electrons. The SMILES string of the molecule is CCC.Nc1ccccc1Nc1ccccc1. The van der Waals surface area contributed by atoms with Crippen LogP contribution in [0.1, 0.15) is 20.3 Å². The van der Waals surface area contributed by atoms with Gasteiger partial charge in [-0.2, -0.15) is 0 Å². The van der Waals surface area contributed by atoms with Crippen LogP contribution in [0.25, 0.3) is 0 Å². The molecule has 0 aliphatic carbocycles. The van der Waals surface area contributed by atoms with Gasteiger partial charge in [-0.15, -0.1) is 0 Å². The van der Waals surface area contributed by atoms with E-state index in [-0.39, 0.29) is 0 Å². The zero-order chi connectivity index (χ0) is 12.5. The van der Waals surface area contributed by atoms with Gasteiger partial charge in [-0.05, 0) is 24.3 Å². The van der Waals surface area contributed by atoms with E-state index in [0.29, 0.717) is 0 Å². The van der Waals surface area contributed by atoms with Crippen LogP contribution in [0.5, 0.6) is 0 Å². The Balaban J connectivity index is 0.000000437. The van der Waals surface area contributed by atoms with Gasteiger partial charge in [0.2, 0.25) is 0 Å². The maximum absolute atomic E-state index is 5.81. The maximum atomic E-state index is 5.81. The van der Waals surface area contributed by atoms with E-state index in [2.05, 4.69) is 19.2 Å². The summed E-state index contributed by atoms with van der Waals surface area (Å²) in [6, 6.07) is 17.7. The highest BCUT2D eigenvalue weighted by Crippen LogP contribution is 2.21. The van der Waals surface area contributed by atoms with Crippen LogP contribution in [-0.4, -0.2) is 0 Å². The summed E-state index contributed by atoms with van der Waals surface area (Å²) in [7, 11) is 0. The third-order valence-corrected chi connectivity index (χ3v) is 2.01. The summed E-state index contributed by atoms with van der Waals surface area (Å²) in [6.07, 6.45) is 1.25. The lowest BCUT2D eigenvalue weighted by Crippen LogP contribution is -1.94. The first-order valence-corrected chi connectivity index (χ1v) is 5.94. The predicted octanol–water partition coefficient (Wildman–Crippen LogP) is 4.43. The van der Waals surface area contributed by atoms with Gasteiger partial charge in [-0.3, -0.25) is 0 Å². The number of hydrogen-bond donors (Lipinski definition) is 2. The topological polar surface area (TPSA) is 38.0 Å². The minimum Gasteiger partial charge on any atom is -0.397 e. The second-order valence-electron chi connectivity index (χ2n) is 3.79. The number of anilines is 3. The summed E-state index contributed by atoms with van der Waals surface area (Å²) in [5, 5.41) is 3.25. The molecule has 2 rings (SSSR count). The van der Waals surface area contributed by atoms with E-state index in [0.717, 1.165) is 17.1 Å². The van der Waals surface area contributed by atoms with Crippen LogP contribution in [0.15, 0.2) is 54.6 Å². The zero-order valence-electron chi connectivity index (χ0n) is 10.5. The largest absolute Gasteiger partial charge is 0.397 e. The van der Waals surface area contributed by atoms with E-state index >= 15 is 0 Å². The highest BCUT2D eigenvalue weighted by molar-refractivity contribution is 5.72. The first kappa shape index (κ1) is 13.1. The second-order valence-corrected chi connectivity index (χ2v) is 3.79. The van der Waals surface area contributed by atoms with Gasteiger partial charge in [0.05, 0.1) is 11.4 Å². The summed E-state index contributed by atoms with van der Waals surface area (Å²) in [5.74, 6) is 0. The van der Waals surface area contributed by atoms with Gasteiger partial charge in [0.15, 0.2) is 0 Å². The molecule has 2 heteroatoms. The van der Waals surface area contributed by atoms with Gasteiger partial charge in [-0.25, -0.2) is 0 Å². The van der Waals surface area contributed by atoms with Gasteiger partial charge in [-0.1, -0.05) is 50.6 Å². The average Bonchev–Trinajstić information content (AvgIpc) is 2.35. The fourth-order valence-electron chi connectivity index (χ4n) is 1.29. The van der Waals surface area contributed by atoms with Crippen LogP contribution >= 0.6 is 0 Å². The van der Waals surface area contributed by atoms with E-state index in [1.807, 2.05) is 54.6 Å². The fraction of sp³-hybridized carbons (Fsp3) is 0.200. The van der Waals surface area contributed by atoms with Crippen LogP contribution in [0.2, 0.25) is 0 Å². The Morgan fingerprint density at radius 1 is 0.882 bits per heavy atom. The normalized spacial score (nSPS) is 9.06. The summed E-state index contributed by atoms with van der Waals surface area (Å²) in [5.41, 5.74) is 8.56. The molecule has 0 aliphatic rings. The number of nitrogen functional groups attached to an aromatic ring is 1. The van der Waals surface area contributed by atoms with Gasteiger partial charge >= 0.3 is 0 Å². The minimum absolute atomic E-state index is 0.761. The van der Waals surface area contributed by atoms with E-state index in [1.165, 1.54) is 6.42 Å². The van der Waals surface area contributed by atoms with Crippen molar-refractivity contribution in [1.29, 1.82) is 0 Å². The van der Waals surface area contributed by atoms with Crippen molar-refractivity contribution in [2.75, 3.05) is 11.1 Å². The highest BCUT2D eigenvalue weighted by atomic mass is 14.9. The molecule has 0 amide bonds. The first-order valence-electron chi connectivity index (χ1n) is 5.94. The van der Waals surface area contributed by atoms with Crippen LogP contribution in [-0.2, 0) is 0 Å². The molecule has 3 N–H and O–H groups in total. The Morgan fingerprint density at radius 2 is 1.41 bits per heavy atom. The lowest BCUT2D eigenvalue weighted by molar-refractivity contribution is 1.09. The van der Waals surface area contributed by atoms with Crippen molar-refractivity contribution in [2.45, 2.75) is 20.3 Å². The molecule has 0 atom stereocenters. The van der Waals surface area contributed by atoms with Gasteiger partial charge < -0.3 is 11.1 Å². The van der Waals surface area contributed by atoms with Gasteiger partial charge in [0.25, 0.3) is 0 Å². The number of hydrogen-bond acceptors (Lipinski definition) is 2. The van der Waals surface area contributed by atoms with Gasteiger partial charge in [0.1, 0.15) is 0 Å². The summed E-state index contributed by atoms with van der Waals surface area (Å²) in [6.45, 7) is 4.25. The molecule has 0 bridgehead atoms. The number of para-hydroxylation sites is 3. The Labute approximate surface area is 103 Å². The third-order valence-electron chi connectivity index (χ3n) is 2.01. The smallest absolute Gasteiger partial charge is 0.0617 e. The average molecular weight is 228 g/mol. The molecular formula is C15H20N2. The van der Waals surface area contributed by atoms with E-state index in [4.69, 9.17) is 5.73 Å². The Kier molecular flexibility index (Phi) is 5.66. The molecular weight excluding hydrogens is 208 g/mol.